The lowest BCUT2D eigenvalue weighted by molar-refractivity contribution is -0.136. The predicted molar refractivity (Wildman–Crippen MR) is 73.2 cm³/mol. The van der Waals surface area contributed by atoms with E-state index in [1.165, 1.54) is 0 Å². The monoisotopic (exact) mass is 289 g/mol. The van der Waals surface area contributed by atoms with E-state index in [0.29, 0.717) is 18.9 Å². The van der Waals surface area contributed by atoms with Crippen LogP contribution in [0.3, 0.4) is 0 Å². The van der Waals surface area contributed by atoms with Crippen molar-refractivity contribution in [1.29, 1.82) is 0 Å². The highest BCUT2D eigenvalue weighted by Gasteiger charge is 2.30. The largest absolute Gasteiger partial charge is 0.338 e. The molecule has 0 aliphatic carbocycles. The van der Waals surface area contributed by atoms with Crippen LogP contribution >= 0.6 is 0 Å². The van der Waals surface area contributed by atoms with Gasteiger partial charge in [-0.25, -0.2) is 13.1 Å². The Hall–Kier alpha value is -0.660. The highest BCUT2D eigenvalue weighted by molar-refractivity contribution is 7.88. The number of amides is 1. The van der Waals surface area contributed by atoms with Crippen LogP contribution < -0.4 is 10.0 Å². The number of sulfonamides is 1. The van der Waals surface area contributed by atoms with Crippen molar-refractivity contribution in [3.8, 4) is 0 Å². The highest BCUT2D eigenvalue weighted by atomic mass is 32.2. The predicted octanol–water partition coefficient (Wildman–Crippen LogP) is -0.474. The third-order valence-corrected chi connectivity index (χ3v) is 4.55. The van der Waals surface area contributed by atoms with Gasteiger partial charge in [-0.3, -0.25) is 4.79 Å². The molecule has 19 heavy (non-hydrogen) atoms. The summed E-state index contributed by atoms with van der Waals surface area (Å²) in [5.74, 6) is 0.629. The van der Waals surface area contributed by atoms with E-state index in [-0.39, 0.29) is 11.9 Å². The number of hydrogen-bond acceptors (Lipinski definition) is 4. The van der Waals surface area contributed by atoms with Crippen LogP contribution in [0.4, 0.5) is 0 Å². The topological polar surface area (TPSA) is 78.5 Å². The zero-order chi connectivity index (χ0) is 13.9. The smallest absolute Gasteiger partial charge is 0.223 e. The minimum Gasteiger partial charge on any atom is -0.338 e. The van der Waals surface area contributed by atoms with Gasteiger partial charge in [0, 0.05) is 25.6 Å². The van der Waals surface area contributed by atoms with E-state index in [1.807, 2.05) is 4.90 Å². The van der Waals surface area contributed by atoms with Gasteiger partial charge in [-0.15, -0.1) is 0 Å². The number of nitrogens with one attached hydrogen (secondary N) is 2. The Kier molecular flexibility index (Phi) is 4.81. The third kappa shape index (κ3) is 4.43. The number of hydrogen-bond donors (Lipinski definition) is 2. The molecule has 6 nitrogen and oxygen atoms in total. The van der Waals surface area contributed by atoms with Gasteiger partial charge in [0.2, 0.25) is 15.9 Å². The Morgan fingerprint density at radius 1 is 1.37 bits per heavy atom. The van der Waals surface area contributed by atoms with E-state index in [4.69, 9.17) is 0 Å². The molecule has 0 aromatic rings. The van der Waals surface area contributed by atoms with Gasteiger partial charge >= 0.3 is 0 Å². The van der Waals surface area contributed by atoms with Crippen LogP contribution in [0.1, 0.15) is 25.7 Å². The van der Waals surface area contributed by atoms with E-state index < -0.39 is 10.0 Å². The first kappa shape index (κ1) is 14.7. The van der Waals surface area contributed by atoms with Gasteiger partial charge in [0.25, 0.3) is 0 Å². The summed E-state index contributed by atoms with van der Waals surface area (Å²) in [6.07, 6.45) is 4.70. The van der Waals surface area contributed by atoms with Crippen LogP contribution in [0.25, 0.3) is 0 Å². The van der Waals surface area contributed by atoms with Crippen LogP contribution in [-0.4, -0.2) is 57.7 Å². The Labute approximate surface area is 115 Å². The Morgan fingerprint density at radius 3 is 2.68 bits per heavy atom. The SMILES string of the molecule is CS(=O)(=O)NCC1CCCCN1C(=O)CC1CNC1. The molecule has 0 bridgehead atoms. The number of nitrogens with zero attached hydrogens (tertiary/aromatic N) is 1. The van der Waals surface area contributed by atoms with Crippen LogP contribution in [-0.2, 0) is 14.8 Å². The van der Waals surface area contributed by atoms with Crippen molar-refractivity contribution in [1.82, 2.24) is 14.9 Å². The molecule has 0 spiro atoms. The molecule has 0 aromatic carbocycles. The Balaban J connectivity index is 1.88. The van der Waals surface area contributed by atoms with Crippen LogP contribution in [0.2, 0.25) is 0 Å². The van der Waals surface area contributed by atoms with Gasteiger partial charge in [-0.2, -0.15) is 0 Å². The first-order valence-electron chi connectivity index (χ1n) is 6.90. The molecule has 2 aliphatic heterocycles. The van der Waals surface area contributed by atoms with E-state index in [2.05, 4.69) is 10.0 Å². The quantitative estimate of drug-likeness (QED) is 0.717. The second-order valence-corrected chi connectivity index (χ2v) is 7.42. The summed E-state index contributed by atoms with van der Waals surface area (Å²) in [4.78, 5) is 14.1. The number of piperidine rings is 1. The van der Waals surface area contributed by atoms with Gasteiger partial charge < -0.3 is 10.2 Å². The summed E-state index contributed by atoms with van der Waals surface area (Å²) in [6.45, 7) is 2.94. The van der Waals surface area contributed by atoms with Crippen LogP contribution in [0.5, 0.6) is 0 Å². The van der Waals surface area contributed by atoms with Gasteiger partial charge in [-0.1, -0.05) is 0 Å². The van der Waals surface area contributed by atoms with Crippen molar-refractivity contribution >= 4 is 15.9 Å². The first-order valence-corrected chi connectivity index (χ1v) is 8.79. The number of carbonyl (C=O) groups is 1. The van der Waals surface area contributed by atoms with Crippen LogP contribution in [0, 0.1) is 5.92 Å². The minimum atomic E-state index is -3.19. The first-order chi connectivity index (χ1) is 8.96. The molecule has 0 aromatic heterocycles. The molecule has 2 aliphatic rings. The minimum absolute atomic E-state index is 0.0176. The molecule has 7 heteroatoms. The summed E-state index contributed by atoms with van der Waals surface area (Å²) in [6, 6.07) is 0.0176. The van der Waals surface area contributed by atoms with Gasteiger partial charge in [0.15, 0.2) is 0 Å². The maximum absolute atomic E-state index is 12.3. The lowest BCUT2D eigenvalue weighted by Crippen LogP contribution is -2.51. The fourth-order valence-electron chi connectivity index (χ4n) is 2.65. The lowest BCUT2D eigenvalue weighted by Gasteiger charge is -2.37. The molecule has 0 saturated carbocycles. The van der Waals surface area contributed by atoms with Crippen molar-refractivity contribution in [2.24, 2.45) is 5.92 Å². The second kappa shape index (κ2) is 6.19. The lowest BCUT2D eigenvalue weighted by atomic mass is 9.96. The van der Waals surface area contributed by atoms with Gasteiger partial charge in [-0.05, 0) is 38.3 Å². The summed E-state index contributed by atoms with van der Waals surface area (Å²) >= 11 is 0. The molecule has 2 rings (SSSR count). The molecule has 110 valence electrons. The van der Waals surface area contributed by atoms with Crippen LogP contribution in [0.15, 0.2) is 0 Å². The maximum Gasteiger partial charge on any atom is 0.223 e. The average Bonchev–Trinajstić information content (AvgIpc) is 2.30. The Morgan fingerprint density at radius 2 is 2.11 bits per heavy atom. The Bertz CT molecular complexity index is 420. The zero-order valence-electron chi connectivity index (χ0n) is 11.4. The molecule has 1 unspecified atom stereocenters. The summed E-state index contributed by atoms with van der Waals surface area (Å²) in [7, 11) is -3.19. The van der Waals surface area contributed by atoms with E-state index in [9.17, 15) is 13.2 Å². The van der Waals surface area contributed by atoms with Crippen molar-refractivity contribution in [2.75, 3.05) is 32.4 Å². The normalized spacial score (nSPS) is 25.1. The van der Waals surface area contributed by atoms with E-state index in [1.54, 1.807) is 0 Å². The second-order valence-electron chi connectivity index (χ2n) is 5.59. The number of rotatable bonds is 5. The average molecular weight is 289 g/mol. The molecule has 2 fully saturated rings. The van der Waals surface area contributed by atoms with Gasteiger partial charge in [0.1, 0.15) is 0 Å². The zero-order valence-corrected chi connectivity index (χ0v) is 12.2. The standard InChI is InChI=1S/C12H23N3O3S/c1-19(17,18)14-9-11-4-2-3-5-15(11)12(16)6-10-7-13-8-10/h10-11,13-14H,2-9H2,1H3. The fourth-order valence-corrected chi connectivity index (χ4v) is 3.14. The summed E-state index contributed by atoms with van der Waals surface area (Å²) < 4.78 is 24.8. The van der Waals surface area contributed by atoms with Crippen molar-refractivity contribution in [3.05, 3.63) is 0 Å². The summed E-state index contributed by atoms with van der Waals surface area (Å²) in [5, 5.41) is 3.16. The van der Waals surface area contributed by atoms with Crippen molar-refractivity contribution in [3.63, 3.8) is 0 Å². The van der Waals surface area contributed by atoms with Crippen molar-refractivity contribution in [2.45, 2.75) is 31.7 Å². The number of carbonyl (C=O) groups excluding carboxylic acids is 1. The molecule has 1 atom stereocenters. The van der Waals surface area contributed by atoms with Gasteiger partial charge in [0.05, 0.1) is 6.26 Å². The fraction of sp³-hybridized carbons (Fsp3) is 0.917. The van der Waals surface area contributed by atoms with E-state index >= 15 is 0 Å². The maximum atomic E-state index is 12.3. The summed E-state index contributed by atoms with van der Waals surface area (Å²) in [5.41, 5.74) is 0. The molecular formula is C12H23N3O3S. The molecular weight excluding hydrogens is 266 g/mol. The number of likely N-dealkylation sites (tertiary alicyclic amines) is 1. The molecule has 2 heterocycles. The third-order valence-electron chi connectivity index (χ3n) is 3.86. The van der Waals surface area contributed by atoms with E-state index in [0.717, 1.165) is 45.2 Å². The molecule has 1 amide bonds. The molecule has 2 N–H and O–H groups in total. The molecule has 2 saturated heterocycles. The highest BCUT2D eigenvalue weighted by Crippen LogP contribution is 2.20. The van der Waals surface area contributed by atoms with Crippen molar-refractivity contribution < 1.29 is 13.2 Å². The molecule has 0 radical (unpaired) electrons.